The van der Waals surface area contributed by atoms with Crippen molar-refractivity contribution in [2.45, 2.75) is 24.7 Å². The van der Waals surface area contributed by atoms with Crippen LogP contribution in [0.1, 0.15) is 30.1 Å². The largest absolute Gasteiger partial charge is 0.494 e. The first kappa shape index (κ1) is 18.8. The summed E-state index contributed by atoms with van der Waals surface area (Å²) in [6.07, 6.45) is 1.99. The SMILES string of the molecule is CCCCOc1ccc(S(=O)(=O)Nc2ccc(C(=O)NC)cc2)cc1. The van der Waals surface area contributed by atoms with Gasteiger partial charge < -0.3 is 10.1 Å². The van der Waals surface area contributed by atoms with Gasteiger partial charge in [0.1, 0.15) is 5.75 Å². The van der Waals surface area contributed by atoms with Crippen LogP contribution in [0.25, 0.3) is 0 Å². The van der Waals surface area contributed by atoms with Gasteiger partial charge in [0, 0.05) is 18.3 Å². The Bertz CT molecular complexity index is 800. The molecule has 0 radical (unpaired) electrons. The molecule has 2 N–H and O–H groups in total. The van der Waals surface area contributed by atoms with Gasteiger partial charge in [-0.15, -0.1) is 0 Å². The molecule has 134 valence electrons. The summed E-state index contributed by atoms with van der Waals surface area (Å²) < 4.78 is 32.8. The highest BCUT2D eigenvalue weighted by atomic mass is 32.2. The fourth-order valence-electron chi connectivity index (χ4n) is 2.10. The number of anilines is 1. The van der Waals surface area contributed by atoms with Gasteiger partial charge in [-0.1, -0.05) is 13.3 Å². The van der Waals surface area contributed by atoms with Gasteiger partial charge in [-0.25, -0.2) is 8.42 Å². The quantitative estimate of drug-likeness (QED) is 0.707. The summed E-state index contributed by atoms with van der Waals surface area (Å²) in [5, 5.41) is 2.51. The number of unbranched alkanes of at least 4 members (excludes halogenated alkanes) is 1. The summed E-state index contributed by atoms with van der Waals surface area (Å²) in [6.45, 7) is 2.68. The standard InChI is InChI=1S/C18H22N2O4S/c1-3-4-13-24-16-9-11-17(12-10-16)25(22,23)20-15-7-5-14(6-8-15)18(21)19-2/h5-12,20H,3-4,13H2,1-2H3,(H,19,21). The molecule has 0 fully saturated rings. The van der Waals surface area contributed by atoms with Crippen molar-refractivity contribution in [1.29, 1.82) is 0 Å². The van der Waals surface area contributed by atoms with E-state index in [-0.39, 0.29) is 10.8 Å². The molecule has 0 unspecified atom stereocenters. The first-order valence-corrected chi connectivity index (χ1v) is 9.52. The van der Waals surface area contributed by atoms with Crippen molar-refractivity contribution >= 4 is 21.6 Å². The number of hydrogen-bond acceptors (Lipinski definition) is 4. The zero-order chi connectivity index (χ0) is 18.3. The van der Waals surface area contributed by atoms with Crippen LogP contribution in [0, 0.1) is 0 Å². The Balaban J connectivity index is 2.06. The molecule has 0 saturated carbocycles. The van der Waals surface area contributed by atoms with E-state index in [9.17, 15) is 13.2 Å². The molecule has 0 spiro atoms. The van der Waals surface area contributed by atoms with Crippen molar-refractivity contribution in [2.24, 2.45) is 0 Å². The number of benzene rings is 2. The van der Waals surface area contributed by atoms with Crippen LogP contribution in [-0.2, 0) is 10.0 Å². The summed E-state index contributed by atoms with van der Waals surface area (Å²) in [5.74, 6) is 0.412. The predicted octanol–water partition coefficient (Wildman–Crippen LogP) is 3.03. The van der Waals surface area contributed by atoms with Crippen molar-refractivity contribution in [3.63, 3.8) is 0 Å². The van der Waals surface area contributed by atoms with Gasteiger partial charge in [-0.2, -0.15) is 0 Å². The smallest absolute Gasteiger partial charge is 0.261 e. The molecule has 0 saturated heterocycles. The second-order valence-corrected chi connectivity index (χ2v) is 7.12. The van der Waals surface area contributed by atoms with E-state index in [2.05, 4.69) is 17.0 Å². The van der Waals surface area contributed by atoms with E-state index in [1.165, 1.54) is 19.2 Å². The summed E-state index contributed by atoms with van der Waals surface area (Å²) >= 11 is 0. The highest BCUT2D eigenvalue weighted by molar-refractivity contribution is 7.92. The highest BCUT2D eigenvalue weighted by Gasteiger charge is 2.14. The fourth-order valence-corrected chi connectivity index (χ4v) is 3.16. The van der Waals surface area contributed by atoms with Gasteiger partial charge in [0.2, 0.25) is 0 Å². The molecule has 7 heteroatoms. The maximum absolute atomic E-state index is 12.4. The number of sulfonamides is 1. The van der Waals surface area contributed by atoms with E-state index >= 15 is 0 Å². The summed E-state index contributed by atoms with van der Waals surface area (Å²) in [6, 6.07) is 12.5. The molecule has 0 heterocycles. The van der Waals surface area contributed by atoms with Gasteiger partial charge in [0.15, 0.2) is 0 Å². The van der Waals surface area contributed by atoms with Crippen molar-refractivity contribution in [1.82, 2.24) is 5.32 Å². The third kappa shape index (κ3) is 5.22. The Labute approximate surface area is 148 Å². The normalized spacial score (nSPS) is 11.0. The molecule has 6 nitrogen and oxygen atoms in total. The number of ether oxygens (including phenoxy) is 1. The maximum atomic E-state index is 12.4. The van der Waals surface area contributed by atoms with Crippen LogP contribution in [-0.4, -0.2) is 28.0 Å². The summed E-state index contributed by atoms with van der Waals surface area (Å²) in [5.41, 5.74) is 0.843. The zero-order valence-corrected chi connectivity index (χ0v) is 15.1. The van der Waals surface area contributed by atoms with Crippen LogP contribution in [0.2, 0.25) is 0 Å². The van der Waals surface area contributed by atoms with Gasteiger partial charge in [-0.3, -0.25) is 9.52 Å². The van der Waals surface area contributed by atoms with E-state index < -0.39 is 10.0 Å². The van der Waals surface area contributed by atoms with E-state index in [1.807, 2.05) is 0 Å². The molecule has 0 atom stereocenters. The Kier molecular flexibility index (Phi) is 6.41. The zero-order valence-electron chi connectivity index (χ0n) is 14.3. The molecule has 2 aromatic rings. The Morgan fingerprint density at radius 3 is 2.24 bits per heavy atom. The lowest BCUT2D eigenvalue weighted by Gasteiger charge is -2.10. The maximum Gasteiger partial charge on any atom is 0.261 e. The Morgan fingerprint density at radius 2 is 1.68 bits per heavy atom. The molecule has 2 aromatic carbocycles. The molecule has 0 aliphatic carbocycles. The Hall–Kier alpha value is -2.54. The lowest BCUT2D eigenvalue weighted by Crippen LogP contribution is -2.18. The van der Waals surface area contributed by atoms with Crippen molar-refractivity contribution in [3.8, 4) is 5.75 Å². The van der Waals surface area contributed by atoms with Crippen molar-refractivity contribution in [3.05, 3.63) is 54.1 Å². The third-order valence-electron chi connectivity index (χ3n) is 3.53. The average molecular weight is 362 g/mol. The minimum Gasteiger partial charge on any atom is -0.494 e. The monoisotopic (exact) mass is 362 g/mol. The lowest BCUT2D eigenvalue weighted by atomic mass is 10.2. The first-order valence-electron chi connectivity index (χ1n) is 8.04. The number of hydrogen-bond donors (Lipinski definition) is 2. The van der Waals surface area contributed by atoms with E-state index in [1.54, 1.807) is 36.4 Å². The van der Waals surface area contributed by atoms with Crippen LogP contribution in [0.5, 0.6) is 5.75 Å². The Morgan fingerprint density at radius 1 is 1.04 bits per heavy atom. The number of carbonyl (C=O) groups is 1. The van der Waals surface area contributed by atoms with E-state index in [0.717, 1.165) is 12.8 Å². The molecule has 0 aliphatic heterocycles. The van der Waals surface area contributed by atoms with Crippen LogP contribution in [0.3, 0.4) is 0 Å². The predicted molar refractivity (Wildman–Crippen MR) is 97.5 cm³/mol. The van der Waals surface area contributed by atoms with Crippen LogP contribution in [0.4, 0.5) is 5.69 Å². The van der Waals surface area contributed by atoms with Crippen LogP contribution in [0.15, 0.2) is 53.4 Å². The van der Waals surface area contributed by atoms with Gasteiger partial charge in [0.05, 0.1) is 11.5 Å². The first-order chi connectivity index (χ1) is 12.0. The topological polar surface area (TPSA) is 84.5 Å². The van der Waals surface area contributed by atoms with Crippen LogP contribution < -0.4 is 14.8 Å². The van der Waals surface area contributed by atoms with Crippen LogP contribution >= 0.6 is 0 Å². The molecule has 0 aliphatic rings. The second kappa shape index (κ2) is 8.53. The third-order valence-corrected chi connectivity index (χ3v) is 4.92. The van der Waals surface area contributed by atoms with Crippen molar-refractivity contribution in [2.75, 3.05) is 18.4 Å². The van der Waals surface area contributed by atoms with Gasteiger partial charge in [0.25, 0.3) is 15.9 Å². The van der Waals surface area contributed by atoms with Crippen molar-refractivity contribution < 1.29 is 17.9 Å². The molecule has 1 amide bonds. The molecular weight excluding hydrogens is 340 g/mol. The average Bonchev–Trinajstić information content (AvgIpc) is 2.62. The second-order valence-electron chi connectivity index (χ2n) is 5.44. The number of rotatable bonds is 8. The molecule has 0 bridgehead atoms. The number of amides is 1. The highest BCUT2D eigenvalue weighted by Crippen LogP contribution is 2.20. The molecule has 0 aromatic heterocycles. The van der Waals surface area contributed by atoms with E-state index in [0.29, 0.717) is 23.6 Å². The minimum absolute atomic E-state index is 0.144. The molecular formula is C18H22N2O4S. The molecule has 25 heavy (non-hydrogen) atoms. The van der Waals surface area contributed by atoms with E-state index in [4.69, 9.17) is 4.74 Å². The summed E-state index contributed by atoms with van der Waals surface area (Å²) in [4.78, 5) is 11.6. The van der Waals surface area contributed by atoms with Gasteiger partial charge >= 0.3 is 0 Å². The number of nitrogens with one attached hydrogen (secondary N) is 2. The minimum atomic E-state index is -3.70. The number of carbonyl (C=O) groups excluding carboxylic acids is 1. The van der Waals surface area contributed by atoms with Gasteiger partial charge in [-0.05, 0) is 55.0 Å². The lowest BCUT2D eigenvalue weighted by molar-refractivity contribution is 0.0963. The molecule has 2 rings (SSSR count). The summed E-state index contributed by atoms with van der Waals surface area (Å²) in [7, 11) is -2.16. The fraction of sp³-hybridized carbons (Fsp3) is 0.278.